The van der Waals surface area contributed by atoms with Gasteiger partial charge in [0.1, 0.15) is 23.0 Å². The van der Waals surface area contributed by atoms with Gasteiger partial charge in [-0.1, -0.05) is 220 Å². The van der Waals surface area contributed by atoms with Gasteiger partial charge in [-0.15, -0.1) is 0 Å². The predicted octanol–water partition coefficient (Wildman–Crippen LogP) is 22.5. The normalized spacial score (nSPS) is 16.9. The molecule has 0 N–H and O–H groups in total. The molecule has 10 aromatic carbocycles. The van der Waals surface area contributed by atoms with Gasteiger partial charge in [-0.25, -0.2) is 0 Å². The Hall–Kier alpha value is -8.40. The zero-order chi connectivity index (χ0) is 57.4. The van der Waals surface area contributed by atoms with Crippen LogP contribution in [-0.4, -0.2) is 0 Å². The van der Waals surface area contributed by atoms with Crippen molar-refractivity contribution in [2.24, 2.45) is 0 Å². The number of nitrogens with zero attached hydrogens (tertiary/aromatic N) is 1. The third-order valence-corrected chi connectivity index (χ3v) is 20.7. The van der Waals surface area contributed by atoms with E-state index in [9.17, 15) is 0 Å². The summed E-state index contributed by atoms with van der Waals surface area (Å²) in [6, 6.07) is 82.1. The molecule has 4 aliphatic carbocycles. The van der Waals surface area contributed by atoms with Crippen LogP contribution in [0.1, 0.15) is 184 Å². The average molecular weight is 1110 g/mol. The van der Waals surface area contributed by atoms with Crippen molar-refractivity contribution in [3.8, 4) is 56.4 Å². The smallest absolute Gasteiger partial charge is 0.132 e. The van der Waals surface area contributed by atoms with E-state index in [1.807, 2.05) is 0 Å². The molecule has 0 saturated heterocycles. The molecule has 85 heavy (non-hydrogen) atoms. The van der Waals surface area contributed by atoms with Gasteiger partial charge in [-0.2, -0.15) is 0 Å². The molecule has 0 bridgehead atoms. The van der Waals surface area contributed by atoms with Crippen molar-refractivity contribution in [3.05, 3.63) is 279 Å². The largest absolute Gasteiger partial charge is 0.457 e. The van der Waals surface area contributed by atoms with E-state index in [0.717, 1.165) is 40.1 Å². The highest BCUT2D eigenvalue weighted by molar-refractivity contribution is 5.94. The van der Waals surface area contributed by atoms with Gasteiger partial charge in [0.15, 0.2) is 0 Å². The maximum atomic E-state index is 7.25. The Labute approximate surface area is 503 Å². The van der Waals surface area contributed by atoms with Gasteiger partial charge >= 0.3 is 0 Å². The Bertz CT molecular complexity index is 4160. The maximum Gasteiger partial charge on any atom is 0.132 e. The molecule has 2 spiro atoms. The molecule has 6 aliphatic rings. The summed E-state index contributed by atoms with van der Waals surface area (Å²) in [6.07, 6.45) is 12.7. The standard InChI is InChI=1S/C82H75NO2/c1-79(2,3)58-34-44-77-73(48-58)82(74-49-59(80(4,5)6)35-45-78(74)85-77)68-29-19-17-27-64(68)66-41-39-62(51-70(66)82)83(60-36-30-55(31-37-60)52-20-10-7-11-21-52)61-38-40-65-63-26-16-18-28-67(63)81(69(65)50-61)71-46-56(53-22-12-8-13-23-53)32-42-75(71)84-76-43-33-57(47-72(76)81)54-24-14-9-15-25-54/h7,10-11,16-21,26-51,53-54H,8-9,12-15,22-25H2,1-6H3. The molecule has 3 nitrogen and oxygen atoms in total. The summed E-state index contributed by atoms with van der Waals surface area (Å²) in [6.45, 7) is 14.0. The summed E-state index contributed by atoms with van der Waals surface area (Å²) in [4.78, 5) is 2.55. The minimum absolute atomic E-state index is 0.0970. The number of ether oxygens (including phenoxy) is 2. The second-order valence-corrected chi connectivity index (χ2v) is 27.6. The molecular weight excluding hydrogens is 1030 g/mol. The van der Waals surface area contributed by atoms with Crippen LogP contribution in [0.2, 0.25) is 0 Å². The van der Waals surface area contributed by atoms with E-state index in [4.69, 9.17) is 9.47 Å². The Kier molecular flexibility index (Phi) is 12.0. The molecule has 16 rings (SSSR count). The molecule has 420 valence electrons. The van der Waals surface area contributed by atoms with E-state index in [2.05, 4.69) is 259 Å². The van der Waals surface area contributed by atoms with E-state index >= 15 is 0 Å². The summed E-state index contributed by atoms with van der Waals surface area (Å²) >= 11 is 0. The highest BCUT2D eigenvalue weighted by Crippen LogP contribution is 2.66. The quantitative estimate of drug-likeness (QED) is 0.166. The van der Waals surface area contributed by atoms with Gasteiger partial charge < -0.3 is 14.4 Å². The zero-order valence-electron chi connectivity index (χ0n) is 50.2. The van der Waals surface area contributed by atoms with Crippen LogP contribution in [0.15, 0.2) is 212 Å². The van der Waals surface area contributed by atoms with E-state index in [1.165, 1.54) is 164 Å². The SMILES string of the molecule is CC(C)(C)c1ccc2c(c1)C1(c3cc(C(C)(C)C)ccc3O2)c2ccccc2-c2ccc(N(c3ccc(-c4ccccc4)cc3)c3ccc4c(c3)C3(c5cc(C6CCCCC6)ccc5Oc5ccc(C6CCCCC6)cc53)c3ccccc3-4)cc21. The number of hydrogen-bond donors (Lipinski definition) is 0. The van der Waals surface area contributed by atoms with Crippen LogP contribution in [0.5, 0.6) is 23.0 Å². The van der Waals surface area contributed by atoms with E-state index < -0.39 is 10.8 Å². The Balaban J connectivity index is 0.966. The summed E-state index contributed by atoms with van der Waals surface area (Å²) in [5.74, 6) is 4.81. The Morgan fingerprint density at radius 3 is 1.14 bits per heavy atom. The first-order valence-electron chi connectivity index (χ1n) is 31.8. The van der Waals surface area contributed by atoms with Crippen molar-refractivity contribution in [1.82, 2.24) is 0 Å². The lowest BCUT2D eigenvalue weighted by Crippen LogP contribution is -2.33. The Morgan fingerprint density at radius 1 is 0.318 bits per heavy atom. The number of rotatable bonds is 6. The van der Waals surface area contributed by atoms with Crippen LogP contribution in [0.25, 0.3) is 33.4 Å². The van der Waals surface area contributed by atoms with Crippen molar-refractivity contribution in [2.75, 3.05) is 4.90 Å². The van der Waals surface area contributed by atoms with Gasteiger partial charge in [0, 0.05) is 39.3 Å². The molecule has 0 amide bonds. The van der Waals surface area contributed by atoms with Crippen LogP contribution < -0.4 is 14.4 Å². The summed E-state index contributed by atoms with van der Waals surface area (Å²) in [5.41, 5.74) is 24.9. The van der Waals surface area contributed by atoms with E-state index in [-0.39, 0.29) is 10.8 Å². The van der Waals surface area contributed by atoms with E-state index in [1.54, 1.807) is 0 Å². The fraction of sp³-hybridized carbons (Fsp3) is 0.268. The molecule has 10 aromatic rings. The monoisotopic (exact) mass is 1110 g/mol. The maximum absolute atomic E-state index is 7.25. The molecule has 2 fully saturated rings. The van der Waals surface area contributed by atoms with Crippen molar-refractivity contribution in [2.45, 2.75) is 139 Å². The topological polar surface area (TPSA) is 21.7 Å². The first-order chi connectivity index (χ1) is 41.4. The van der Waals surface area contributed by atoms with Crippen LogP contribution in [0.4, 0.5) is 17.1 Å². The molecule has 0 atom stereocenters. The lowest BCUT2D eigenvalue weighted by Gasteiger charge is -2.41. The Morgan fingerprint density at radius 2 is 0.694 bits per heavy atom. The third-order valence-electron chi connectivity index (χ3n) is 20.7. The van der Waals surface area contributed by atoms with Gasteiger partial charge in [-0.05, 0) is 199 Å². The highest BCUT2D eigenvalue weighted by Gasteiger charge is 2.54. The first-order valence-corrected chi connectivity index (χ1v) is 31.8. The van der Waals surface area contributed by atoms with Crippen LogP contribution in [-0.2, 0) is 21.7 Å². The van der Waals surface area contributed by atoms with Crippen molar-refractivity contribution >= 4 is 17.1 Å². The lowest BCUT2D eigenvalue weighted by atomic mass is 9.64. The molecule has 2 aliphatic heterocycles. The first kappa shape index (κ1) is 52.2. The number of hydrogen-bond acceptors (Lipinski definition) is 3. The molecule has 0 unspecified atom stereocenters. The fourth-order valence-corrected chi connectivity index (χ4v) is 16.4. The van der Waals surface area contributed by atoms with Crippen LogP contribution in [0.3, 0.4) is 0 Å². The van der Waals surface area contributed by atoms with Crippen LogP contribution >= 0.6 is 0 Å². The minimum atomic E-state index is -0.693. The van der Waals surface area contributed by atoms with Crippen molar-refractivity contribution < 1.29 is 9.47 Å². The van der Waals surface area contributed by atoms with Crippen molar-refractivity contribution in [1.29, 1.82) is 0 Å². The zero-order valence-corrected chi connectivity index (χ0v) is 50.2. The number of fused-ring (bicyclic) bond motifs is 18. The molecule has 2 heterocycles. The predicted molar refractivity (Wildman–Crippen MR) is 350 cm³/mol. The summed E-state index contributed by atoms with van der Waals surface area (Å²) in [7, 11) is 0. The molecule has 0 aromatic heterocycles. The number of benzene rings is 10. The van der Waals surface area contributed by atoms with E-state index in [0.29, 0.717) is 11.8 Å². The fourth-order valence-electron chi connectivity index (χ4n) is 16.4. The van der Waals surface area contributed by atoms with Gasteiger partial charge in [0.2, 0.25) is 0 Å². The number of anilines is 3. The van der Waals surface area contributed by atoms with Gasteiger partial charge in [0.25, 0.3) is 0 Å². The second kappa shape index (κ2) is 19.6. The molecule has 3 heteroatoms. The van der Waals surface area contributed by atoms with Gasteiger partial charge in [0.05, 0.1) is 10.8 Å². The van der Waals surface area contributed by atoms with Crippen LogP contribution in [0, 0.1) is 0 Å². The van der Waals surface area contributed by atoms with Gasteiger partial charge in [-0.3, -0.25) is 0 Å². The highest BCUT2D eigenvalue weighted by atomic mass is 16.5. The second-order valence-electron chi connectivity index (χ2n) is 27.6. The summed E-state index contributed by atoms with van der Waals surface area (Å²) in [5, 5.41) is 0. The third kappa shape index (κ3) is 8.05. The minimum Gasteiger partial charge on any atom is -0.457 e. The lowest BCUT2D eigenvalue weighted by molar-refractivity contribution is 0.424. The summed E-state index contributed by atoms with van der Waals surface area (Å²) < 4.78 is 14.4. The molecule has 2 saturated carbocycles. The molecular formula is C82H75NO2. The average Bonchev–Trinajstić information content (AvgIpc) is 1.64. The van der Waals surface area contributed by atoms with Crippen molar-refractivity contribution in [3.63, 3.8) is 0 Å². The molecule has 0 radical (unpaired) electrons.